The highest BCUT2D eigenvalue weighted by Crippen LogP contribution is 2.31. The van der Waals surface area contributed by atoms with E-state index < -0.39 is 10.0 Å². The largest absolute Gasteiger partial charge is 0.460 e. The molecule has 2 aromatic carbocycles. The van der Waals surface area contributed by atoms with Crippen LogP contribution in [0.5, 0.6) is 11.6 Å². The maximum Gasteiger partial charge on any atom is 0.255 e. The van der Waals surface area contributed by atoms with Gasteiger partial charge in [-0.1, -0.05) is 12.1 Å². The SMILES string of the molecule is CNC(=O)c1c(C)oc2cc(Oc3ccnc(Nc4cccc(CS(=O)(=O)N5CCNC(=O)C5)c4)n3)ccc12. The van der Waals surface area contributed by atoms with Crippen LogP contribution in [-0.4, -0.2) is 61.2 Å². The molecule has 0 saturated carbocycles. The predicted octanol–water partition coefficient (Wildman–Crippen LogP) is 2.69. The third kappa shape index (κ3) is 5.84. The number of carbonyl (C=O) groups is 2. The average Bonchev–Trinajstić information content (AvgIpc) is 3.23. The Hall–Kier alpha value is -4.49. The number of carbonyl (C=O) groups excluding carboxylic acids is 2. The van der Waals surface area contributed by atoms with E-state index in [1.165, 1.54) is 10.5 Å². The van der Waals surface area contributed by atoms with Gasteiger partial charge in [0.05, 0.1) is 17.9 Å². The lowest BCUT2D eigenvalue weighted by Crippen LogP contribution is -2.50. The maximum atomic E-state index is 12.8. The van der Waals surface area contributed by atoms with Crippen LogP contribution in [-0.2, 0) is 20.6 Å². The summed E-state index contributed by atoms with van der Waals surface area (Å²) in [6.07, 6.45) is 1.53. The Morgan fingerprint density at radius 3 is 2.85 bits per heavy atom. The number of piperazine rings is 1. The van der Waals surface area contributed by atoms with Crippen molar-refractivity contribution >= 4 is 44.4 Å². The number of aromatic nitrogens is 2. The van der Waals surface area contributed by atoms with Crippen LogP contribution in [0.3, 0.4) is 0 Å². The van der Waals surface area contributed by atoms with Gasteiger partial charge in [-0.15, -0.1) is 0 Å². The Morgan fingerprint density at radius 2 is 2.05 bits per heavy atom. The van der Waals surface area contributed by atoms with Gasteiger partial charge >= 0.3 is 0 Å². The topological polar surface area (TPSA) is 156 Å². The lowest BCUT2D eigenvalue weighted by molar-refractivity contribution is -0.122. The third-order valence-electron chi connectivity index (χ3n) is 6.07. The van der Waals surface area contributed by atoms with Gasteiger partial charge in [0.1, 0.15) is 17.1 Å². The van der Waals surface area contributed by atoms with Crippen LogP contribution in [0.4, 0.5) is 11.6 Å². The molecule has 3 N–H and O–H groups in total. The van der Waals surface area contributed by atoms with E-state index in [9.17, 15) is 18.0 Å². The number of nitrogens with one attached hydrogen (secondary N) is 3. The number of rotatable bonds is 8. The van der Waals surface area contributed by atoms with E-state index in [2.05, 4.69) is 25.9 Å². The summed E-state index contributed by atoms with van der Waals surface area (Å²) in [5, 5.41) is 8.97. The molecule has 0 bridgehead atoms. The second kappa shape index (κ2) is 10.7. The van der Waals surface area contributed by atoms with Crippen molar-refractivity contribution in [1.29, 1.82) is 0 Å². The number of amides is 2. The van der Waals surface area contributed by atoms with E-state index in [-0.39, 0.29) is 42.5 Å². The minimum absolute atomic E-state index is 0.178. The van der Waals surface area contributed by atoms with Gasteiger partial charge in [0.2, 0.25) is 27.8 Å². The Bertz CT molecular complexity index is 1670. The van der Waals surface area contributed by atoms with Crippen LogP contribution in [0.25, 0.3) is 11.0 Å². The fraction of sp³-hybridized carbons (Fsp3) is 0.231. The number of fused-ring (bicyclic) bond motifs is 1. The Balaban J connectivity index is 1.29. The fourth-order valence-corrected chi connectivity index (χ4v) is 5.74. The summed E-state index contributed by atoms with van der Waals surface area (Å²) in [5.41, 5.74) is 2.12. The van der Waals surface area contributed by atoms with Crippen molar-refractivity contribution in [2.24, 2.45) is 0 Å². The Morgan fingerprint density at radius 1 is 1.21 bits per heavy atom. The van der Waals surface area contributed by atoms with Crippen LogP contribution in [0.1, 0.15) is 21.7 Å². The van der Waals surface area contributed by atoms with Gasteiger partial charge in [-0.3, -0.25) is 9.59 Å². The first-order chi connectivity index (χ1) is 18.7. The zero-order chi connectivity index (χ0) is 27.6. The molecular weight excluding hydrogens is 524 g/mol. The van der Waals surface area contributed by atoms with E-state index in [1.807, 2.05) is 0 Å². The number of benzene rings is 2. The molecule has 1 aliphatic rings. The molecule has 0 radical (unpaired) electrons. The van der Waals surface area contributed by atoms with Crippen molar-refractivity contribution in [3.63, 3.8) is 0 Å². The van der Waals surface area contributed by atoms with E-state index >= 15 is 0 Å². The summed E-state index contributed by atoms with van der Waals surface area (Å²) in [5.74, 6) is 0.699. The Labute approximate surface area is 224 Å². The molecule has 39 heavy (non-hydrogen) atoms. The number of furan rings is 1. The molecule has 1 saturated heterocycles. The fourth-order valence-electron chi connectivity index (χ4n) is 4.27. The molecule has 4 aromatic rings. The quantitative estimate of drug-likeness (QED) is 0.300. The van der Waals surface area contributed by atoms with Crippen molar-refractivity contribution < 1.29 is 27.2 Å². The van der Waals surface area contributed by atoms with Gasteiger partial charge in [0.25, 0.3) is 5.91 Å². The Kier molecular flexibility index (Phi) is 7.17. The summed E-state index contributed by atoms with van der Waals surface area (Å²) in [6.45, 7) is 2.09. The second-order valence-electron chi connectivity index (χ2n) is 8.86. The molecule has 1 fully saturated rings. The van der Waals surface area contributed by atoms with Gasteiger partial charge in [-0.2, -0.15) is 9.29 Å². The molecule has 1 aliphatic heterocycles. The highest BCUT2D eigenvalue weighted by Gasteiger charge is 2.27. The molecule has 12 nitrogen and oxygen atoms in total. The summed E-state index contributed by atoms with van der Waals surface area (Å²) >= 11 is 0. The first kappa shape index (κ1) is 26.1. The minimum Gasteiger partial charge on any atom is -0.460 e. The molecule has 202 valence electrons. The van der Waals surface area contributed by atoms with Gasteiger partial charge < -0.3 is 25.1 Å². The zero-order valence-electron chi connectivity index (χ0n) is 21.2. The summed E-state index contributed by atoms with van der Waals surface area (Å²) in [4.78, 5) is 32.4. The van der Waals surface area contributed by atoms with E-state index in [4.69, 9.17) is 9.15 Å². The standard InChI is InChI=1S/C26H26N6O6S/c1-16-24(25(34)27-2)20-7-6-19(13-21(20)37-16)38-23-8-9-29-26(31-23)30-18-5-3-4-17(12-18)15-39(35,36)32-11-10-28-22(33)14-32/h3-9,12-13H,10-11,14-15H2,1-2H3,(H,27,34)(H,28,33)(H,29,30,31). The number of ether oxygens (including phenoxy) is 1. The molecule has 0 unspecified atom stereocenters. The predicted molar refractivity (Wildman–Crippen MR) is 143 cm³/mol. The number of hydrogen-bond donors (Lipinski definition) is 3. The highest BCUT2D eigenvalue weighted by atomic mass is 32.2. The minimum atomic E-state index is -3.66. The van der Waals surface area contributed by atoms with Gasteiger partial charge in [0, 0.05) is 49.5 Å². The molecule has 5 rings (SSSR count). The molecule has 13 heteroatoms. The smallest absolute Gasteiger partial charge is 0.255 e. The maximum absolute atomic E-state index is 12.8. The van der Waals surface area contributed by atoms with Crippen molar-refractivity contribution in [2.75, 3.05) is 32.0 Å². The lowest BCUT2D eigenvalue weighted by Gasteiger charge is -2.26. The van der Waals surface area contributed by atoms with Crippen molar-refractivity contribution in [3.05, 3.63) is 71.6 Å². The lowest BCUT2D eigenvalue weighted by atomic mass is 10.1. The number of anilines is 2. The van der Waals surface area contributed by atoms with E-state index in [0.29, 0.717) is 45.8 Å². The summed E-state index contributed by atoms with van der Waals surface area (Å²) in [6, 6.07) is 13.6. The first-order valence-electron chi connectivity index (χ1n) is 12.1. The van der Waals surface area contributed by atoms with Crippen LogP contribution in [0, 0.1) is 6.92 Å². The van der Waals surface area contributed by atoms with Gasteiger partial charge in [0.15, 0.2) is 0 Å². The van der Waals surface area contributed by atoms with Crippen LogP contribution >= 0.6 is 0 Å². The first-order valence-corrected chi connectivity index (χ1v) is 13.7. The molecule has 2 amide bonds. The van der Waals surface area contributed by atoms with Crippen molar-refractivity contribution in [1.82, 2.24) is 24.9 Å². The molecule has 3 heterocycles. The number of nitrogens with zero attached hydrogens (tertiary/aromatic N) is 3. The highest BCUT2D eigenvalue weighted by molar-refractivity contribution is 7.88. The van der Waals surface area contributed by atoms with Gasteiger partial charge in [-0.25, -0.2) is 13.4 Å². The second-order valence-corrected chi connectivity index (χ2v) is 10.8. The van der Waals surface area contributed by atoms with Crippen molar-refractivity contribution in [3.8, 4) is 11.6 Å². The molecule has 0 aliphatic carbocycles. The van der Waals surface area contributed by atoms with Crippen molar-refractivity contribution in [2.45, 2.75) is 12.7 Å². The normalized spacial score (nSPS) is 14.2. The molecule has 0 spiro atoms. The molecule has 0 atom stereocenters. The van der Waals surface area contributed by atoms with Gasteiger partial charge in [-0.05, 0) is 36.8 Å². The molecular formula is C26H26N6O6S. The van der Waals surface area contributed by atoms with Crippen LogP contribution in [0.2, 0.25) is 0 Å². The summed E-state index contributed by atoms with van der Waals surface area (Å²) in [7, 11) is -2.10. The number of sulfonamides is 1. The summed E-state index contributed by atoms with van der Waals surface area (Å²) < 4.78 is 38.4. The van der Waals surface area contributed by atoms with E-state index in [1.54, 1.807) is 62.5 Å². The average molecular weight is 551 g/mol. The monoisotopic (exact) mass is 550 g/mol. The van der Waals surface area contributed by atoms with Crippen LogP contribution in [0.15, 0.2) is 59.1 Å². The third-order valence-corrected chi connectivity index (χ3v) is 7.87. The van der Waals surface area contributed by atoms with Crippen LogP contribution < -0.4 is 20.7 Å². The zero-order valence-corrected chi connectivity index (χ0v) is 22.0. The van der Waals surface area contributed by atoms with E-state index in [0.717, 1.165) is 0 Å². The number of aryl methyl sites for hydroxylation is 1. The molecule has 2 aromatic heterocycles. The number of hydrogen-bond acceptors (Lipinski definition) is 9.